The molecule has 4 aromatic carbocycles. The van der Waals surface area contributed by atoms with Gasteiger partial charge in [-0.15, -0.1) is 0 Å². The predicted octanol–water partition coefficient (Wildman–Crippen LogP) is 6.38. The Morgan fingerprint density at radius 1 is 0.767 bits per heavy atom. The van der Waals surface area contributed by atoms with Gasteiger partial charge in [-0.3, -0.25) is 4.79 Å². The maximum Gasteiger partial charge on any atom is 0.193 e. The number of aromatic hydroxyl groups is 1. The van der Waals surface area contributed by atoms with Gasteiger partial charge >= 0.3 is 0 Å². The molecule has 4 rings (SSSR count). The number of carbonyl (C=O) groups excluding carboxylic acids is 1. The number of fused-ring (bicyclic) bond motifs is 1. The van der Waals surface area contributed by atoms with Crippen molar-refractivity contribution < 1.29 is 14.6 Å². The number of ketones is 1. The third-order valence-corrected chi connectivity index (χ3v) is 5.90. The highest BCUT2D eigenvalue weighted by Gasteiger charge is 2.16. The van der Waals surface area contributed by atoms with Gasteiger partial charge in [-0.05, 0) is 108 Å². The van der Waals surface area contributed by atoms with Crippen LogP contribution < -0.4 is 4.74 Å². The van der Waals surface area contributed by atoms with Crippen molar-refractivity contribution >= 4 is 16.6 Å². The van der Waals surface area contributed by atoms with E-state index in [1.54, 1.807) is 19.2 Å². The first-order valence-corrected chi connectivity index (χ1v) is 9.91. The Labute approximate surface area is 176 Å². The monoisotopic (exact) mass is 396 g/mol. The number of hydrogen-bond acceptors (Lipinski definition) is 3. The van der Waals surface area contributed by atoms with Gasteiger partial charge in [-0.2, -0.15) is 0 Å². The summed E-state index contributed by atoms with van der Waals surface area (Å²) in [5, 5.41) is 11.6. The van der Waals surface area contributed by atoms with E-state index in [9.17, 15) is 9.90 Å². The van der Waals surface area contributed by atoms with Crippen LogP contribution in [0.15, 0.2) is 66.7 Å². The Hall–Kier alpha value is -3.59. The first-order valence-electron chi connectivity index (χ1n) is 9.91. The van der Waals surface area contributed by atoms with Crippen LogP contribution in [-0.2, 0) is 0 Å². The molecule has 0 radical (unpaired) electrons. The molecular weight excluding hydrogens is 372 g/mol. The Morgan fingerprint density at radius 2 is 1.50 bits per heavy atom. The molecule has 0 fully saturated rings. The second kappa shape index (κ2) is 7.68. The van der Waals surface area contributed by atoms with Crippen LogP contribution in [0.1, 0.15) is 32.6 Å². The molecule has 0 saturated carbocycles. The zero-order valence-electron chi connectivity index (χ0n) is 17.6. The molecule has 1 N–H and O–H groups in total. The largest absolute Gasteiger partial charge is 0.508 e. The molecule has 0 spiro atoms. The van der Waals surface area contributed by atoms with Crippen LogP contribution >= 0.6 is 0 Å². The summed E-state index contributed by atoms with van der Waals surface area (Å²) in [4.78, 5) is 13.2. The molecular formula is C27H24O3. The van der Waals surface area contributed by atoms with Crippen LogP contribution in [-0.4, -0.2) is 18.0 Å². The Balaban J connectivity index is 1.98. The maximum atomic E-state index is 13.2. The predicted molar refractivity (Wildman–Crippen MR) is 122 cm³/mol. The number of benzene rings is 4. The van der Waals surface area contributed by atoms with Gasteiger partial charge in [0.15, 0.2) is 5.78 Å². The van der Waals surface area contributed by atoms with Gasteiger partial charge in [0.1, 0.15) is 11.5 Å². The van der Waals surface area contributed by atoms with Crippen molar-refractivity contribution in [2.45, 2.75) is 20.8 Å². The molecule has 0 amide bonds. The van der Waals surface area contributed by atoms with Gasteiger partial charge in [0.25, 0.3) is 0 Å². The van der Waals surface area contributed by atoms with Crippen molar-refractivity contribution in [3.8, 4) is 22.6 Å². The van der Waals surface area contributed by atoms with E-state index in [0.29, 0.717) is 11.1 Å². The summed E-state index contributed by atoms with van der Waals surface area (Å²) >= 11 is 0. The lowest BCUT2D eigenvalue weighted by Gasteiger charge is -2.16. The number of methoxy groups -OCH3 is 1. The molecule has 0 bridgehead atoms. The van der Waals surface area contributed by atoms with Crippen molar-refractivity contribution in [3.05, 3.63) is 94.5 Å². The fraction of sp³-hybridized carbons (Fsp3) is 0.148. The van der Waals surface area contributed by atoms with E-state index in [-0.39, 0.29) is 11.5 Å². The molecule has 0 aromatic heterocycles. The van der Waals surface area contributed by atoms with Crippen LogP contribution in [0.5, 0.6) is 11.5 Å². The van der Waals surface area contributed by atoms with Crippen molar-refractivity contribution in [2.24, 2.45) is 0 Å². The van der Waals surface area contributed by atoms with E-state index >= 15 is 0 Å². The fourth-order valence-corrected chi connectivity index (χ4v) is 3.85. The highest BCUT2D eigenvalue weighted by atomic mass is 16.5. The number of rotatable bonds is 4. The van der Waals surface area contributed by atoms with Gasteiger partial charge in [0.2, 0.25) is 0 Å². The first-order chi connectivity index (χ1) is 14.4. The number of hydrogen-bond donors (Lipinski definition) is 1. The van der Waals surface area contributed by atoms with Crippen LogP contribution in [0, 0.1) is 20.8 Å². The molecule has 0 aliphatic carbocycles. The molecule has 3 heteroatoms. The topological polar surface area (TPSA) is 46.5 Å². The average molecular weight is 396 g/mol. The van der Waals surface area contributed by atoms with E-state index < -0.39 is 0 Å². The second-order valence-electron chi connectivity index (χ2n) is 7.67. The number of phenolic OH excluding ortho intramolecular Hbond substituents is 1. The molecule has 0 aliphatic heterocycles. The van der Waals surface area contributed by atoms with E-state index in [2.05, 4.69) is 32.9 Å². The first kappa shape index (κ1) is 19.7. The SMILES string of the molecule is COc1ccc2cc(C(=O)c3ccc(O)cc3)cc(-c3ccc(C)c(C)c3C)c2c1. The van der Waals surface area contributed by atoms with Crippen molar-refractivity contribution in [3.63, 3.8) is 0 Å². The zero-order valence-corrected chi connectivity index (χ0v) is 17.6. The second-order valence-corrected chi connectivity index (χ2v) is 7.67. The minimum Gasteiger partial charge on any atom is -0.508 e. The molecule has 30 heavy (non-hydrogen) atoms. The van der Waals surface area contributed by atoms with Crippen molar-refractivity contribution in [1.82, 2.24) is 0 Å². The number of phenols is 1. The molecule has 0 atom stereocenters. The highest BCUT2D eigenvalue weighted by molar-refractivity contribution is 6.13. The van der Waals surface area contributed by atoms with Crippen molar-refractivity contribution in [1.29, 1.82) is 0 Å². The Morgan fingerprint density at radius 3 is 2.20 bits per heavy atom. The number of carbonyl (C=O) groups is 1. The molecule has 0 unspecified atom stereocenters. The minimum atomic E-state index is -0.0737. The van der Waals surface area contributed by atoms with E-state index in [1.165, 1.54) is 28.8 Å². The maximum absolute atomic E-state index is 13.2. The third kappa shape index (κ3) is 3.43. The summed E-state index contributed by atoms with van der Waals surface area (Å²) in [7, 11) is 1.66. The van der Waals surface area contributed by atoms with Gasteiger partial charge in [-0.1, -0.05) is 18.2 Å². The molecule has 150 valence electrons. The van der Waals surface area contributed by atoms with E-state index in [1.807, 2.05) is 30.3 Å². The summed E-state index contributed by atoms with van der Waals surface area (Å²) in [6, 6.07) is 20.4. The summed E-state index contributed by atoms with van der Waals surface area (Å²) in [6.45, 7) is 6.36. The normalized spacial score (nSPS) is 10.9. The van der Waals surface area contributed by atoms with E-state index in [4.69, 9.17) is 4.74 Å². The highest BCUT2D eigenvalue weighted by Crippen LogP contribution is 2.36. The molecule has 3 nitrogen and oxygen atoms in total. The molecule has 0 aliphatic rings. The van der Waals surface area contributed by atoms with Gasteiger partial charge in [0, 0.05) is 11.1 Å². The standard InChI is InChI=1S/C27H24O3/c1-16-5-12-24(18(3)17(16)2)26-14-21(27(29)19-6-9-22(28)10-7-19)13-20-8-11-23(30-4)15-25(20)26/h5-15,28H,1-4H3. The quantitative estimate of drug-likeness (QED) is 0.407. The third-order valence-electron chi connectivity index (χ3n) is 5.90. The van der Waals surface area contributed by atoms with E-state index in [0.717, 1.165) is 27.6 Å². The average Bonchev–Trinajstić information content (AvgIpc) is 2.76. The van der Waals surface area contributed by atoms with Crippen LogP contribution in [0.4, 0.5) is 0 Å². The Kier molecular flexibility index (Phi) is 5.04. The smallest absolute Gasteiger partial charge is 0.193 e. The molecule has 0 saturated heterocycles. The van der Waals surface area contributed by atoms with Crippen LogP contribution in [0.25, 0.3) is 21.9 Å². The van der Waals surface area contributed by atoms with Crippen LogP contribution in [0.3, 0.4) is 0 Å². The molecule has 4 aromatic rings. The number of aryl methyl sites for hydroxylation is 1. The minimum absolute atomic E-state index is 0.0737. The summed E-state index contributed by atoms with van der Waals surface area (Å²) in [5.41, 5.74) is 6.97. The van der Waals surface area contributed by atoms with Crippen molar-refractivity contribution in [2.75, 3.05) is 7.11 Å². The van der Waals surface area contributed by atoms with Gasteiger partial charge in [0.05, 0.1) is 7.11 Å². The Bertz CT molecular complexity index is 1270. The zero-order chi connectivity index (χ0) is 21.4. The van der Waals surface area contributed by atoms with Gasteiger partial charge in [-0.25, -0.2) is 0 Å². The van der Waals surface area contributed by atoms with Gasteiger partial charge < -0.3 is 9.84 Å². The summed E-state index contributed by atoms with van der Waals surface area (Å²) in [5.74, 6) is 0.849. The lowest BCUT2D eigenvalue weighted by Crippen LogP contribution is -2.02. The van der Waals surface area contributed by atoms with Crippen LogP contribution in [0.2, 0.25) is 0 Å². The lowest BCUT2D eigenvalue weighted by atomic mass is 9.88. The fourth-order valence-electron chi connectivity index (χ4n) is 3.85. The summed E-state index contributed by atoms with van der Waals surface area (Å²) < 4.78 is 5.45. The number of ether oxygens (including phenoxy) is 1. The molecule has 0 heterocycles. The lowest BCUT2D eigenvalue weighted by molar-refractivity contribution is 0.103. The summed E-state index contributed by atoms with van der Waals surface area (Å²) in [6.07, 6.45) is 0.